The van der Waals surface area contributed by atoms with Gasteiger partial charge in [0, 0.05) is 30.4 Å². The molecule has 2 aromatic heterocycles. The van der Waals surface area contributed by atoms with Gasteiger partial charge in [-0.3, -0.25) is 4.68 Å². The molecule has 4 rings (SSSR count). The van der Waals surface area contributed by atoms with E-state index in [-0.39, 0.29) is 23.3 Å². The van der Waals surface area contributed by atoms with Gasteiger partial charge in [0.15, 0.2) is 5.69 Å². The smallest absolute Gasteiger partial charge is 0.339 e. The highest BCUT2D eigenvalue weighted by Gasteiger charge is 2.32. The normalized spacial score (nSPS) is 15.1. The summed E-state index contributed by atoms with van der Waals surface area (Å²) in [6, 6.07) is 4.75. The lowest BCUT2D eigenvalue weighted by Gasteiger charge is -2.29. The molecule has 0 atom stereocenters. The van der Waals surface area contributed by atoms with Crippen LogP contribution in [0.5, 0.6) is 5.75 Å². The summed E-state index contributed by atoms with van der Waals surface area (Å²) in [7, 11) is 1.93. The van der Waals surface area contributed by atoms with Crippen LogP contribution >= 0.6 is 0 Å². The summed E-state index contributed by atoms with van der Waals surface area (Å²) in [6.07, 6.45) is 2.91. The molecule has 3 aromatic rings. The van der Waals surface area contributed by atoms with Crippen molar-refractivity contribution in [1.82, 2.24) is 19.9 Å². The number of hydrogen-bond acceptors (Lipinski definition) is 7. The summed E-state index contributed by atoms with van der Waals surface area (Å²) >= 11 is 0. The minimum Gasteiger partial charge on any atom is -0.491 e. The van der Waals surface area contributed by atoms with E-state index in [1.807, 2.05) is 11.7 Å². The molecular weight excluding hydrogens is 386 g/mol. The first-order valence-corrected chi connectivity index (χ1v) is 9.88. The number of nitrogens with zero attached hydrogens (tertiary/aromatic N) is 4. The molecule has 1 aromatic carbocycles. The van der Waals surface area contributed by atoms with Crippen molar-refractivity contribution in [3.05, 3.63) is 35.0 Å². The Labute approximate surface area is 173 Å². The molecule has 9 nitrogen and oxygen atoms in total. The summed E-state index contributed by atoms with van der Waals surface area (Å²) in [5, 5.41) is 18.2. The predicted molar refractivity (Wildman–Crippen MR) is 109 cm³/mol. The fraction of sp³-hybridized carbons (Fsp3) is 0.429. The van der Waals surface area contributed by atoms with Gasteiger partial charge in [0.1, 0.15) is 17.9 Å². The monoisotopic (exact) mass is 411 g/mol. The average Bonchev–Trinajstić information content (AvgIpc) is 3.30. The van der Waals surface area contributed by atoms with E-state index >= 15 is 0 Å². The van der Waals surface area contributed by atoms with Crippen molar-refractivity contribution in [3.63, 3.8) is 0 Å². The Morgan fingerprint density at radius 2 is 2.20 bits per heavy atom. The zero-order chi connectivity index (χ0) is 21.5. The van der Waals surface area contributed by atoms with Crippen molar-refractivity contribution >= 4 is 5.97 Å². The summed E-state index contributed by atoms with van der Waals surface area (Å²) < 4.78 is 12.8. The van der Waals surface area contributed by atoms with Crippen molar-refractivity contribution in [2.45, 2.75) is 33.1 Å². The van der Waals surface area contributed by atoms with Gasteiger partial charge in [-0.25, -0.2) is 4.79 Å². The highest BCUT2D eigenvalue weighted by atomic mass is 16.5. The van der Waals surface area contributed by atoms with E-state index in [0.29, 0.717) is 29.5 Å². The molecule has 0 aliphatic heterocycles. The van der Waals surface area contributed by atoms with Gasteiger partial charge in [-0.2, -0.15) is 10.1 Å². The Balaban J connectivity index is 1.68. The van der Waals surface area contributed by atoms with Crippen molar-refractivity contribution in [2.75, 3.05) is 13.2 Å². The van der Waals surface area contributed by atoms with Gasteiger partial charge in [0.25, 0.3) is 5.89 Å². The number of hydrogen-bond donors (Lipinski definition) is 2. The maximum Gasteiger partial charge on any atom is 0.339 e. The molecule has 0 amide bonds. The third-order valence-corrected chi connectivity index (χ3v) is 5.44. The van der Waals surface area contributed by atoms with Gasteiger partial charge in [0.2, 0.25) is 5.82 Å². The lowest BCUT2D eigenvalue weighted by atomic mass is 9.76. The molecule has 158 valence electrons. The lowest BCUT2D eigenvalue weighted by Crippen LogP contribution is -2.23. The molecule has 0 unspecified atom stereocenters. The third-order valence-electron chi connectivity index (χ3n) is 5.44. The number of carboxylic acids is 1. The van der Waals surface area contributed by atoms with Gasteiger partial charge in [-0.05, 0) is 42.9 Å². The van der Waals surface area contributed by atoms with Gasteiger partial charge < -0.3 is 20.1 Å². The summed E-state index contributed by atoms with van der Waals surface area (Å²) in [4.78, 5) is 16.1. The fourth-order valence-electron chi connectivity index (χ4n) is 3.83. The number of nitrogens with two attached hydrogens (primary N) is 1. The zero-order valence-corrected chi connectivity index (χ0v) is 17.3. The molecule has 9 heteroatoms. The Morgan fingerprint density at radius 3 is 2.93 bits per heavy atom. The molecular formula is C21H25N5O4. The van der Waals surface area contributed by atoms with Crippen LogP contribution < -0.4 is 10.5 Å². The van der Waals surface area contributed by atoms with Gasteiger partial charge >= 0.3 is 5.97 Å². The second-order valence-electron chi connectivity index (χ2n) is 8.31. The first kappa shape index (κ1) is 20.1. The van der Waals surface area contributed by atoms with Crippen molar-refractivity contribution in [1.29, 1.82) is 0 Å². The molecule has 0 saturated heterocycles. The van der Waals surface area contributed by atoms with Crippen LogP contribution in [-0.2, 0) is 19.9 Å². The molecule has 2 heterocycles. The number of benzene rings is 1. The minimum absolute atomic E-state index is 0.0183. The van der Waals surface area contributed by atoms with E-state index in [1.54, 1.807) is 12.1 Å². The second kappa shape index (κ2) is 7.56. The van der Waals surface area contributed by atoms with Crippen LogP contribution in [0.25, 0.3) is 23.0 Å². The average molecular weight is 411 g/mol. The number of ether oxygens (including phenoxy) is 1. The topological polar surface area (TPSA) is 129 Å². The molecule has 0 radical (unpaired) electrons. The summed E-state index contributed by atoms with van der Waals surface area (Å²) in [6.45, 7) is 5.04. The first-order valence-electron chi connectivity index (χ1n) is 9.88. The number of fused-ring (bicyclic) bond motifs is 1. The number of aryl methyl sites for hydroxylation is 1. The van der Waals surface area contributed by atoms with E-state index in [2.05, 4.69) is 29.1 Å². The maximum atomic E-state index is 11.6. The Morgan fingerprint density at radius 1 is 1.40 bits per heavy atom. The van der Waals surface area contributed by atoms with Crippen molar-refractivity contribution < 1.29 is 19.2 Å². The maximum absolute atomic E-state index is 11.6. The zero-order valence-electron chi connectivity index (χ0n) is 17.3. The van der Waals surface area contributed by atoms with E-state index in [0.717, 1.165) is 24.8 Å². The van der Waals surface area contributed by atoms with Gasteiger partial charge in [-0.1, -0.05) is 19.0 Å². The molecule has 3 N–H and O–H groups in total. The first-order chi connectivity index (χ1) is 14.3. The molecule has 0 saturated carbocycles. The van der Waals surface area contributed by atoms with E-state index in [1.165, 1.54) is 11.8 Å². The molecule has 0 fully saturated rings. The number of rotatable bonds is 6. The molecule has 0 bridgehead atoms. The lowest BCUT2D eigenvalue weighted by molar-refractivity contribution is 0.0692. The predicted octanol–water partition coefficient (Wildman–Crippen LogP) is 2.69. The van der Waals surface area contributed by atoms with Crippen LogP contribution in [0, 0.1) is 5.41 Å². The Hall–Kier alpha value is -3.20. The molecule has 30 heavy (non-hydrogen) atoms. The largest absolute Gasteiger partial charge is 0.491 e. The SMILES string of the molecule is Cn1nc(-c2nc(-c3ccc(OCCN)c(C(=O)O)c3)no2)c2c1CC(C)(C)CC2. The molecule has 1 aliphatic carbocycles. The van der Waals surface area contributed by atoms with E-state index < -0.39 is 5.97 Å². The van der Waals surface area contributed by atoms with Crippen LogP contribution in [0.15, 0.2) is 22.7 Å². The highest BCUT2D eigenvalue weighted by Crippen LogP contribution is 2.38. The molecule has 0 spiro atoms. The van der Waals surface area contributed by atoms with Gasteiger partial charge in [-0.15, -0.1) is 0 Å². The third kappa shape index (κ3) is 3.68. The van der Waals surface area contributed by atoms with Crippen LogP contribution in [0.4, 0.5) is 0 Å². The highest BCUT2D eigenvalue weighted by molar-refractivity contribution is 5.92. The number of aromatic carboxylic acids is 1. The summed E-state index contributed by atoms with van der Waals surface area (Å²) in [5.74, 6) is -0.217. The fourth-order valence-corrected chi connectivity index (χ4v) is 3.83. The standard InChI is InChI=1S/C21H25N5O4/c1-21(2)7-6-13-15(11-21)26(3)24-17(13)19-23-18(25-30-19)12-4-5-16(29-9-8-22)14(10-12)20(27)28/h4-5,10H,6-9,11,22H2,1-3H3,(H,27,28). The van der Waals surface area contributed by atoms with Crippen molar-refractivity contribution in [2.24, 2.45) is 18.2 Å². The van der Waals surface area contributed by atoms with Crippen LogP contribution in [-0.4, -0.2) is 44.1 Å². The number of carboxylic acid groups (broad SMARTS) is 1. The quantitative estimate of drug-likeness (QED) is 0.633. The minimum atomic E-state index is -1.10. The van der Waals surface area contributed by atoms with Crippen LogP contribution in [0.3, 0.4) is 0 Å². The Bertz CT molecular complexity index is 1100. The number of carbonyl (C=O) groups is 1. The van der Waals surface area contributed by atoms with Gasteiger partial charge in [0.05, 0.1) is 0 Å². The van der Waals surface area contributed by atoms with Crippen LogP contribution in [0.2, 0.25) is 0 Å². The summed E-state index contributed by atoms with van der Waals surface area (Å²) in [5.41, 5.74) is 9.24. The number of aromatic nitrogens is 4. The second-order valence-corrected chi connectivity index (χ2v) is 8.31. The van der Waals surface area contributed by atoms with E-state index in [4.69, 9.17) is 15.0 Å². The van der Waals surface area contributed by atoms with Crippen LogP contribution in [0.1, 0.15) is 41.9 Å². The van der Waals surface area contributed by atoms with E-state index in [9.17, 15) is 9.90 Å². The Kier molecular flexibility index (Phi) is 5.07. The van der Waals surface area contributed by atoms with Crippen molar-refractivity contribution in [3.8, 4) is 28.7 Å². The molecule has 1 aliphatic rings.